The van der Waals surface area contributed by atoms with E-state index in [2.05, 4.69) is 94.3 Å². The molecule has 0 aliphatic carbocycles. The Balaban J connectivity index is 0.0000000972. The molecule has 0 radical (unpaired) electrons. The topological polar surface area (TPSA) is 0 Å². The summed E-state index contributed by atoms with van der Waals surface area (Å²) in [5.74, 6) is 0. The average molecular weight is 409 g/mol. The van der Waals surface area contributed by atoms with E-state index in [-0.39, 0.29) is 0 Å². The van der Waals surface area contributed by atoms with Crippen molar-refractivity contribution < 1.29 is 0 Å². The van der Waals surface area contributed by atoms with Crippen LogP contribution in [-0.2, 0) is 0 Å². The molecular weight excluding hydrogens is 393 g/mol. The smallest absolute Gasteiger partial charge is 0.0450 e. The SMILES string of the molecule is c1cc2sccc2s1.c1ccc2sccc2c1.c1ccc2sccc2c1. The summed E-state index contributed by atoms with van der Waals surface area (Å²) in [5, 5.41) is 11.2. The van der Waals surface area contributed by atoms with E-state index in [9.17, 15) is 0 Å². The molecule has 4 aromatic heterocycles. The minimum atomic E-state index is 1.35. The Morgan fingerprint density at radius 2 is 0.731 bits per heavy atom. The molecule has 0 aliphatic heterocycles. The lowest BCUT2D eigenvalue weighted by Crippen LogP contribution is -1.56. The minimum Gasteiger partial charge on any atom is -0.144 e. The summed E-state index contributed by atoms with van der Waals surface area (Å²) in [4.78, 5) is 0. The molecule has 4 heterocycles. The largest absolute Gasteiger partial charge is 0.144 e. The van der Waals surface area contributed by atoms with Crippen molar-refractivity contribution in [3.63, 3.8) is 0 Å². The van der Waals surface area contributed by atoms with Crippen LogP contribution >= 0.6 is 45.3 Å². The Kier molecular flexibility index (Phi) is 5.77. The Morgan fingerprint density at radius 3 is 1.19 bits per heavy atom. The van der Waals surface area contributed by atoms with Gasteiger partial charge < -0.3 is 0 Å². The molecule has 6 rings (SSSR count). The summed E-state index contributed by atoms with van der Waals surface area (Å²) < 4.78 is 5.57. The average Bonchev–Trinajstić information content (AvgIpc) is 3.46. The van der Waals surface area contributed by atoms with Gasteiger partial charge in [0, 0.05) is 18.8 Å². The fourth-order valence-electron chi connectivity index (χ4n) is 2.51. The Hall–Kier alpha value is -1.98. The molecule has 0 atom stereocenters. The van der Waals surface area contributed by atoms with Crippen molar-refractivity contribution in [2.24, 2.45) is 0 Å². The van der Waals surface area contributed by atoms with Gasteiger partial charge in [-0.2, -0.15) is 0 Å². The number of hydrogen-bond acceptors (Lipinski definition) is 4. The molecule has 0 saturated heterocycles. The molecule has 2 aromatic carbocycles. The molecule has 0 bridgehead atoms. The maximum absolute atomic E-state index is 2.16. The molecular formula is C22H16S4. The minimum absolute atomic E-state index is 1.35. The van der Waals surface area contributed by atoms with E-state index >= 15 is 0 Å². The first-order valence-corrected chi connectivity index (χ1v) is 11.7. The van der Waals surface area contributed by atoms with Gasteiger partial charge in [0.15, 0.2) is 0 Å². The van der Waals surface area contributed by atoms with Crippen LogP contribution in [0.25, 0.3) is 29.6 Å². The van der Waals surface area contributed by atoms with Crippen molar-refractivity contribution in [2.75, 3.05) is 0 Å². The van der Waals surface area contributed by atoms with Crippen molar-refractivity contribution in [3.8, 4) is 0 Å². The predicted octanol–water partition coefficient (Wildman–Crippen LogP) is 8.77. The molecule has 128 valence electrons. The fourth-order valence-corrected chi connectivity index (χ4v) is 5.91. The van der Waals surface area contributed by atoms with Crippen LogP contribution in [0.5, 0.6) is 0 Å². The molecule has 6 aromatic rings. The second-order valence-electron chi connectivity index (χ2n) is 5.49. The van der Waals surface area contributed by atoms with Crippen molar-refractivity contribution in [1.29, 1.82) is 0 Å². The maximum Gasteiger partial charge on any atom is 0.0450 e. The van der Waals surface area contributed by atoms with E-state index in [1.54, 1.807) is 45.3 Å². The van der Waals surface area contributed by atoms with Gasteiger partial charge in [-0.25, -0.2) is 0 Å². The van der Waals surface area contributed by atoms with Crippen molar-refractivity contribution in [2.45, 2.75) is 0 Å². The summed E-state index contributed by atoms with van der Waals surface area (Å²) in [5.41, 5.74) is 0. The first kappa shape index (κ1) is 17.4. The first-order valence-electron chi connectivity index (χ1n) is 8.15. The van der Waals surface area contributed by atoms with Gasteiger partial charge in [-0.15, -0.1) is 45.3 Å². The zero-order valence-corrected chi connectivity index (χ0v) is 17.1. The number of fused-ring (bicyclic) bond motifs is 3. The molecule has 0 fully saturated rings. The van der Waals surface area contributed by atoms with Gasteiger partial charge in [-0.05, 0) is 68.7 Å². The third-order valence-corrected chi connectivity index (χ3v) is 7.48. The number of benzene rings is 2. The molecule has 4 heteroatoms. The Morgan fingerprint density at radius 1 is 0.346 bits per heavy atom. The van der Waals surface area contributed by atoms with E-state index in [0.29, 0.717) is 0 Å². The lowest BCUT2D eigenvalue weighted by molar-refractivity contribution is 1.86. The van der Waals surface area contributed by atoms with Crippen LogP contribution in [0.2, 0.25) is 0 Å². The lowest BCUT2D eigenvalue weighted by atomic mass is 10.3. The highest BCUT2D eigenvalue weighted by Gasteiger charge is 1.91. The van der Waals surface area contributed by atoms with Crippen LogP contribution in [0.15, 0.2) is 94.3 Å². The summed E-state index contributed by atoms with van der Waals surface area (Å²) in [6, 6.07) is 25.4. The summed E-state index contributed by atoms with van der Waals surface area (Å²) >= 11 is 7.18. The second kappa shape index (κ2) is 8.60. The zero-order valence-electron chi connectivity index (χ0n) is 13.9. The van der Waals surface area contributed by atoms with Crippen molar-refractivity contribution in [3.05, 3.63) is 94.3 Å². The van der Waals surface area contributed by atoms with E-state index in [4.69, 9.17) is 0 Å². The Labute approximate surface area is 168 Å². The Bertz CT molecular complexity index is 1020. The normalized spacial score (nSPS) is 10.3. The summed E-state index contributed by atoms with van der Waals surface area (Å²) in [7, 11) is 0. The van der Waals surface area contributed by atoms with Crippen molar-refractivity contribution >= 4 is 74.9 Å². The highest BCUT2D eigenvalue weighted by atomic mass is 32.1. The highest BCUT2D eigenvalue weighted by molar-refractivity contribution is 7.25. The van der Waals surface area contributed by atoms with Crippen LogP contribution in [0.4, 0.5) is 0 Å². The van der Waals surface area contributed by atoms with Gasteiger partial charge in [-0.1, -0.05) is 36.4 Å². The van der Waals surface area contributed by atoms with Crippen LogP contribution < -0.4 is 0 Å². The predicted molar refractivity (Wildman–Crippen MR) is 123 cm³/mol. The van der Waals surface area contributed by atoms with Gasteiger partial charge >= 0.3 is 0 Å². The summed E-state index contributed by atoms with van der Waals surface area (Å²) in [6.45, 7) is 0. The molecule has 0 nitrogen and oxygen atoms in total. The monoisotopic (exact) mass is 408 g/mol. The molecule has 0 aliphatic rings. The third kappa shape index (κ3) is 4.22. The van der Waals surface area contributed by atoms with E-state index in [0.717, 1.165) is 0 Å². The molecule has 0 saturated carbocycles. The van der Waals surface area contributed by atoms with Crippen LogP contribution in [0, 0.1) is 0 Å². The second-order valence-corrected chi connectivity index (χ2v) is 9.28. The standard InChI is InChI=1S/2C8H6S.C6H4S2/c2*1-2-4-8-7(3-1)5-6-9-8;1-3-7-6-2-4-8-5(1)6/h2*1-6H;1-4H. The van der Waals surface area contributed by atoms with Gasteiger partial charge in [0.25, 0.3) is 0 Å². The number of hydrogen-bond donors (Lipinski definition) is 0. The quantitative estimate of drug-likeness (QED) is 0.235. The zero-order chi connectivity index (χ0) is 17.6. The highest BCUT2D eigenvalue weighted by Crippen LogP contribution is 2.25. The van der Waals surface area contributed by atoms with Crippen LogP contribution in [-0.4, -0.2) is 0 Å². The molecule has 0 amide bonds. The maximum atomic E-state index is 2.16. The van der Waals surface area contributed by atoms with E-state index < -0.39 is 0 Å². The molecule has 26 heavy (non-hydrogen) atoms. The molecule has 0 N–H and O–H groups in total. The van der Waals surface area contributed by atoms with Crippen molar-refractivity contribution in [1.82, 2.24) is 0 Å². The summed E-state index contributed by atoms with van der Waals surface area (Å²) in [6.07, 6.45) is 0. The van der Waals surface area contributed by atoms with Crippen LogP contribution in [0.3, 0.4) is 0 Å². The van der Waals surface area contributed by atoms with Gasteiger partial charge in [-0.3, -0.25) is 0 Å². The number of thiophene rings is 4. The van der Waals surface area contributed by atoms with Gasteiger partial charge in [0.2, 0.25) is 0 Å². The third-order valence-electron chi connectivity index (χ3n) is 3.79. The van der Waals surface area contributed by atoms with Gasteiger partial charge in [0.1, 0.15) is 0 Å². The number of rotatable bonds is 0. The molecule has 0 unspecified atom stereocenters. The molecule has 0 spiro atoms. The first-order chi connectivity index (χ1) is 12.9. The van der Waals surface area contributed by atoms with Crippen LogP contribution in [0.1, 0.15) is 0 Å². The fraction of sp³-hybridized carbons (Fsp3) is 0. The lowest BCUT2D eigenvalue weighted by Gasteiger charge is -1.82. The van der Waals surface area contributed by atoms with Gasteiger partial charge in [0.05, 0.1) is 0 Å². The van der Waals surface area contributed by atoms with E-state index in [1.165, 1.54) is 29.6 Å². The van der Waals surface area contributed by atoms with E-state index in [1.807, 2.05) is 0 Å².